The Morgan fingerprint density at radius 2 is 1.67 bits per heavy atom. The molecule has 0 N–H and O–H groups in total. The second kappa shape index (κ2) is 4.53. The normalized spacial score (nSPS) is 10.7. The fraction of sp³-hybridized carbons (Fsp3) is 0.0588. The molecule has 1 aromatic heterocycles. The molecule has 0 aliphatic carbocycles. The van der Waals surface area contributed by atoms with Gasteiger partial charge in [0.15, 0.2) is 0 Å². The number of fused-ring (bicyclic) bond motifs is 1. The van der Waals surface area contributed by atoms with Crippen molar-refractivity contribution in [2.75, 3.05) is 0 Å². The van der Waals surface area contributed by atoms with Gasteiger partial charge in [0.05, 0.1) is 0 Å². The van der Waals surface area contributed by atoms with Crippen LogP contribution in [0, 0.1) is 0 Å². The van der Waals surface area contributed by atoms with E-state index in [4.69, 9.17) is 0 Å². The third kappa shape index (κ3) is 1.84. The Morgan fingerprint density at radius 1 is 0.944 bits per heavy atom. The number of benzene rings is 2. The van der Waals surface area contributed by atoms with Crippen molar-refractivity contribution in [2.45, 2.75) is 6.54 Å². The molecule has 0 aliphatic rings. The molecule has 0 fully saturated rings. The third-order valence-electron chi connectivity index (χ3n) is 3.24. The van der Waals surface area contributed by atoms with E-state index in [-0.39, 0.29) is 0 Å². The van der Waals surface area contributed by atoms with Gasteiger partial charge in [-0.25, -0.2) is 0 Å². The van der Waals surface area contributed by atoms with Crippen molar-refractivity contribution in [2.24, 2.45) is 0 Å². The third-order valence-corrected chi connectivity index (χ3v) is 3.24. The zero-order chi connectivity index (χ0) is 12.4. The second-order valence-corrected chi connectivity index (χ2v) is 4.40. The first-order valence-corrected chi connectivity index (χ1v) is 6.13. The van der Waals surface area contributed by atoms with Crippen LogP contribution in [0.4, 0.5) is 0 Å². The molecular weight excluding hydrogens is 218 g/mol. The lowest BCUT2D eigenvalue weighted by Crippen LogP contribution is -2.00. The molecule has 0 amide bonds. The maximum Gasteiger partial charge on any atom is 0.0488 e. The Bertz CT molecular complexity index is 677. The van der Waals surface area contributed by atoms with Crippen LogP contribution in [-0.4, -0.2) is 4.57 Å². The Hall–Kier alpha value is -2.28. The smallest absolute Gasteiger partial charge is 0.0488 e. The summed E-state index contributed by atoms with van der Waals surface area (Å²) < 4.78 is 2.30. The number of hydrogen-bond acceptors (Lipinski definition) is 0. The van der Waals surface area contributed by atoms with Crippen LogP contribution >= 0.6 is 0 Å². The van der Waals surface area contributed by atoms with Gasteiger partial charge < -0.3 is 4.57 Å². The van der Waals surface area contributed by atoms with Crippen molar-refractivity contribution in [3.63, 3.8) is 0 Å². The molecule has 0 aliphatic heterocycles. The van der Waals surface area contributed by atoms with Crippen LogP contribution in [0.3, 0.4) is 0 Å². The van der Waals surface area contributed by atoms with E-state index >= 15 is 0 Å². The summed E-state index contributed by atoms with van der Waals surface area (Å²) in [7, 11) is 0. The SMILES string of the molecule is C=Cc1cc2ccccc2n1Cc1ccccc1. The lowest BCUT2D eigenvalue weighted by Gasteiger charge is -2.08. The van der Waals surface area contributed by atoms with E-state index < -0.39 is 0 Å². The van der Waals surface area contributed by atoms with E-state index in [1.807, 2.05) is 12.1 Å². The number of hydrogen-bond donors (Lipinski definition) is 0. The van der Waals surface area contributed by atoms with Gasteiger partial charge >= 0.3 is 0 Å². The molecular formula is C17H15N. The molecule has 0 saturated heterocycles. The van der Waals surface area contributed by atoms with Crippen LogP contribution in [-0.2, 0) is 6.54 Å². The van der Waals surface area contributed by atoms with E-state index in [0.29, 0.717) is 0 Å². The van der Waals surface area contributed by atoms with Crippen LogP contribution < -0.4 is 0 Å². The van der Waals surface area contributed by atoms with Crippen LogP contribution in [0.2, 0.25) is 0 Å². The van der Waals surface area contributed by atoms with Gasteiger partial charge in [0.25, 0.3) is 0 Å². The molecule has 88 valence electrons. The molecule has 1 nitrogen and oxygen atoms in total. The van der Waals surface area contributed by atoms with Gasteiger partial charge in [-0.2, -0.15) is 0 Å². The Balaban J connectivity index is 2.12. The van der Waals surface area contributed by atoms with Crippen LogP contribution in [0.5, 0.6) is 0 Å². The predicted molar refractivity (Wildman–Crippen MR) is 77.6 cm³/mol. The molecule has 0 atom stereocenters. The first-order chi connectivity index (χ1) is 8.88. The zero-order valence-electron chi connectivity index (χ0n) is 10.2. The van der Waals surface area contributed by atoms with E-state index in [9.17, 15) is 0 Å². The number of rotatable bonds is 3. The molecule has 0 bridgehead atoms. The minimum atomic E-state index is 0.885. The summed E-state index contributed by atoms with van der Waals surface area (Å²) in [4.78, 5) is 0. The van der Waals surface area contributed by atoms with Gasteiger partial charge in [0.2, 0.25) is 0 Å². The van der Waals surface area contributed by atoms with Gasteiger partial charge in [-0.1, -0.05) is 55.1 Å². The standard InChI is InChI=1S/C17H15N/c1-2-16-12-15-10-6-7-11-17(15)18(16)13-14-8-4-3-5-9-14/h2-12H,1,13H2. The van der Waals surface area contributed by atoms with Crippen molar-refractivity contribution in [1.29, 1.82) is 0 Å². The lowest BCUT2D eigenvalue weighted by molar-refractivity contribution is 0.828. The molecule has 2 aromatic carbocycles. The van der Waals surface area contributed by atoms with Gasteiger partial charge in [0, 0.05) is 23.1 Å². The number of aromatic nitrogens is 1. The van der Waals surface area contributed by atoms with E-state index in [1.165, 1.54) is 22.2 Å². The fourth-order valence-corrected chi connectivity index (χ4v) is 2.34. The fourth-order valence-electron chi connectivity index (χ4n) is 2.34. The Labute approximate surface area is 107 Å². The van der Waals surface area contributed by atoms with Gasteiger partial charge in [0.1, 0.15) is 0 Å². The van der Waals surface area contributed by atoms with Crippen LogP contribution in [0.25, 0.3) is 17.0 Å². The average Bonchev–Trinajstić information content (AvgIpc) is 2.78. The van der Waals surface area contributed by atoms with Gasteiger partial charge in [-0.05, 0) is 23.8 Å². The first kappa shape index (κ1) is 10.8. The molecule has 0 unspecified atom stereocenters. The minimum absolute atomic E-state index is 0.885. The summed E-state index contributed by atoms with van der Waals surface area (Å²) in [5, 5.41) is 1.27. The quantitative estimate of drug-likeness (QED) is 0.634. The predicted octanol–water partition coefficient (Wildman–Crippen LogP) is 4.33. The maximum atomic E-state index is 3.91. The van der Waals surface area contributed by atoms with Gasteiger partial charge in [-0.15, -0.1) is 0 Å². The largest absolute Gasteiger partial charge is 0.337 e. The highest BCUT2D eigenvalue weighted by Gasteiger charge is 2.05. The summed E-state index contributed by atoms with van der Waals surface area (Å²) in [6.07, 6.45) is 1.92. The van der Waals surface area contributed by atoms with E-state index in [1.54, 1.807) is 0 Å². The molecule has 3 rings (SSSR count). The molecule has 3 aromatic rings. The molecule has 1 heterocycles. The highest BCUT2D eigenvalue weighted by Crippen LogP contribution is 2.21. The van der Waals surface area contributed by atoms with Gasteiger partial charge in [-0.3, -0.25) is 0 Å². The molecule has 0 saturated carbocycles. The minimum Gasteiger partial charge on any atom is -0.337 e. The molecule has 0 spiro atoms. The summed E-state index contributed by atoms with van der Waals surface area (Å²) in [6.45, 7) is 4.79. The molecule has 18 heavy (non-hydrogen) atoms. The molecule has 1 heteroatoms. The maximum absolute atomic E-state index is 3.91. The monoisotopic (exact) mass is 233 g/mol. The van der Waals surface area contributed by atoms with Crippen LogP contribution in [0.15, 0.2) is 67.2 Å². The van der Waals surface area contributed by atoms with Crippen molar-refractivity contribution < 1.29 is 0 Å². The summed E-state index contributed by atoms with van der Waals surface area (Å²) in [5.41, 5.74) is 3.73. The number of para-hydroxylation sites is 1. The second-order valence-electron chi connectivity index (χ2n) is 4.40. The van der Waals surface area contributed by atoms with Crippen molar-refractivity contribution in [3.05, 3.63) is 78.5 Å². The highest BCUT2D eigenvalue weighted by atomic mass is 15.0. The summed E-state index contributed by atoms with van der Waals surface area (Å²) >= 11 is 0. The van der Waals surface area contributed by atoms with Crippen LogP contribution in [0.1, 0.15) is 11.3 Å². The van der Waals surface area contributed by atoms with E-state index in [2.05, 4.69) is 65.7 Å². The van der Waals surface area contributed by atoms with Crippen molar-refractivity contribution >= 4 is 17.0 Å². The lowest BCUT2D eigenvalue weighted by atomic mass is 10.2. The highest BCUT2D eigenvalue weighted by molar-refractivity contribution is 5.83. The average molecular weight is 233 g/mol. The first-order valence-electron chi connectivity index (χ1n) is 6.13. The number of nitrogens with zero attached hydrogens (tertiary/aromatic N) is 1. The Morgan fingerprint density at radius 3 is 2.44 bits per heavy atom. The topological polar surface area (TPSA) is 4.93 Å². The zero-order valence-corrected chi connectivity index (χ0v) is 10.2. The molecule has 0 radical (unpaired) electrons. The summed E-state index contributed by atoms with van der Waals surface area (Å²) in [6, 6.07) is 21.2. The van der Waals surface area contributed by atoms with Crippen molar-refractivity contribution in [1.82, 2.24) is 4.57 Å². The Kier molecular flexibility index (Phi) is 2.73. The van der Waals surface area contributed by atoms with Crippen molar-refractivity contribution in [3.8, 4) is 0 Å². The van der Waals surface area contributed by atoms with E-state index in [0.717, 1.165) is 6.54 Å². The summed E-state index contributed by atoms with van der Waals surface area (Å²) in [5.74, 6) is 0.